The molecule has 7 nitrogen and oxygen atoms in total. The lowest BCUT2D eigenvalue weighted by Gasteiger charge is -2.31. The van der Waals surface area contributed by atoms with E-state index in [0.29, 0.717) is 57.3 Å². The maximum atomic E-state index is 10.5. The van der Waals surface area contributed by atoms with Crippen molar-refractivity contribution in [2.45, 2.75) is 6.04 Å². The number of anilines is 1. The number of halogens is 1. The van der Waals surface area contributed by atoms with Crippen LogP contribution in [0.15, 0.2) is 48.2 Å². The fourth-order valence-corrected chi connectivity index (χ4v) is 4.85. The molecule has 7 rings (SSSR count). The number of methoxy groups -OCH3 is 1. The third-order valence-electron chi connectivity index (χ3n) is 6.08. The molecule has 0 amide bonds. The van der Waals surface area contributed by atoms with Gasteiger partial charge in [0.1, 0.15) is 18.2 Å². The summed E-state index contributed by atoms with van der Waals surface area (Å²) >= 11 is 7.02. The summed E-state index contributed by atoms with van der Waals surface area (Å²) in [5, 5.41) is 19.9. The molecule has 0 saturated carbocycles. The molecule has 1 atom stereocenters. The molecule has 168 valence electrons. The highest BCUT2D eigenvalue weighted by Crippen LogP contribution is 2.47. The predicted octanol–water partition coefficient (Wildman–Crippen LogP) is 4.46. The highest BCUT2D eigenvalue weighted by Gasteiger charge is 2.26. The monoisotopic (exact) mass is 470 g/mol. The van der Waals surface area contributed by atoms with Crippen LogP contribution >= 0.6 is 11.6 Å². The number of hydrogen-bond donors (Lipinski definition) is 3. The zero-order valence-corrected chi connectivity index (χ0v) is 18.9. The number of nitrogens with one attached hydrogen (secondary N) is 2. The number of phenols is 1. The molecule has 0 saturated heterocycles. The second-order valence-electron chi connectivity index (χ2n) is 8.17. The number of hydrogen-bond acceptors (Lipinski definition) is 7. The Morgan fingerprint density at radius 3 is 2.85 bits per heavy atom. The van der Waals surface area contributed by atoms with Gasteiger partial charge in [0.25, 0.3) is 0 Å². The Morgan fingerprint density at radius 1 is 1.21 bits per heavy atom. The molecule has 4 heterocycles. The summed E-state index contributed by atoms with van der Waals surface area (Å²) in [4.78, 5) is 9.09. The SMILES string of the molecule is C#Cc1cccc2cc(O)cc(-c3cc4nc(OC)nc5c4c(c3Cl)OCC3=CC(CN5)N3)c12. The molecule has 3 aromatic carbocycles. The summed E-state index contributed by atoms with van der Waals surface area (Å²) in [6.45, 7) is 0.969. The van der Waals surface area contributed by atoms with Gasteiger partial charge in [-0.1, -0.05) is 29.7 Å². The average Bonchev–Trinajstić information content (AvgIpc) is 2.82. The molecule has 3 N–H and O–H groups in total. The van der Waals surface area contributed by atoms with Crippen LogP contribution in [0.5, 0.6) is 17.5 Å². The van der Waals surface area contributed by atoms with Gasteiger partial charge in [-0.05, 0) is 41.3 Å². The highest BCUT2D eigenvalue weighted by atomic mass is 35.5. The van der Waals surface area contributed by atoms with Crippen molar-refractivity contribution in [1.29, 1.82) is 0 Å². The van der Waals surface area contributed by atoms with E-state index in [9.17, 15) is 5.11 Å². The first-order valence-corrected chi connectivity index (χ1v) is 11.1. The number of aromatic nitrogens is 2. The van der Waals surface area contributed by atoms with E-state index in [1.165, 1.54) is 7.11 Å². The Kier molecular flexibility index (Phi) is 4.64. The third kappa shape index (κ3) is 3.15. The van der Waals surface area contributed by atoms with Gasteiger partial charge in [-0.15, -0.1) is 6.42 Å². The molecule has 1 aromatic heterocycles. The molecular weight excluding hydrogens is 452 g/mol. The summed E-state index contributed by atoms with van der Waals surface area (Å²) in [5.74, 6) is 3.86. The molecule has 34 heavy (non-hydrogen) atoms. The lowest BCUT2D eigenvalue weighted by atomic mass is 9.93. The lowest BCUT2D eigenvalue weighted by molar-refractivity contribution is 0.332. The minimum atomic E-state index is 0.0993. The second kappa shape index (κ2) is 7.72. The first-order valence-electron chi connectivity index (χ1n) is 10.7. The molecule has 1 unspecified atom stereocenters. The molecule has 0 fully saturated rings. The molecule has 3 aliphatic heterocycles. The second-order valence-corrected chi connectivity index (χ2v) is 8.55. The van der Waals surface area contributed by atoms with Crippen LogP contribution in [0, 0.1) is 12.3 Å². The molecule has 0 radical (unpaired) electrons. The normalized spacial score (nSPS) is 16.4. The number of ether oxygens (including phenoxy) is 2. The van der Waals surface area contributed by atoms with Crippen molar-refractivity contribution in [3.63, 3.8) is 0 Å². The maximum absolute atomic E-state index is 10.5. The standard InChI is InChI=1S/C26H19ClN4O3/c1-3-13-5-4-6-14-7-17(32)9-18(21(13)14)19-10-20-22-24(23(19)27)34-12-16-8-15(29-16)11-28-25(22)31-26(30-20)33-2/h1,4-10,15,29,32H,11-12H2,2H3,(H,28,30,31). The smallest absolute Gasteiger partial charge is 0.318 e. The molecule has 8 heteroatoms. The number of rotatable bonds is 2. The number of phenolic OH excluding ortho intramolecular Hbond substituents is 1. The van der Waals surface area contributed by atoms with Crippen LogP contribution in [0.1, 0.15) is 5.56 Å². The Morgan fingerprint density at radius 2 is 2.06 bits per heavy atom. The summed E-state index contributed by atoms with van der Waals surface area (Å²) in [5.41, 5.74) is 3.58. The van der Waals surface area contributed by atoms with E-state index < -0.39 is 0 Å². The fourth-order valence-electron chi connectivity index (χ4n) is 4.54. The maximum Gasteiger partial charge on any atom is 0.318 e. The molecule has 0 aliphatic carbocycles. The van der Waals surface area contributed by atoms with Crippen LogP contribution in [-0.2, 0) is 0 Å². The summed E-state index contributed by atoms with van der Waals surface area (Å²) in [6, 6.07) is 11.2. The van der Waals surface area contributed by atoms with Gasteiger partial charge < -0.3 is 25.2 Å². The van der Waals surface area contributed by atoms with Crippen molar-refractivity contribution in [2.75, 3.05) is 25.6 Å². The minimum Gasteiger partial charge on any atom is -0.508 e. The van der Waals surface area contributed by atoms with Gasteiger partial charge in [0.15, 0.2) is 5.75 Å². The Hall–Kier alpha value is -4.15. The number of aromatic hydroxyl groups is 1. The zero-order valence-electron chi connectivity index (χ0n) is 18.1. The van der Waals surface area contributed by atoms with Gasteiger partial charge in [-0.2, -0.15) is 9.97 Å². The van der Waals surface area contributed by atoms with Crippen molar-refractivity contribution >= 4 is 39.1 Å². The highest BCUT2D eigenvalue weighted by molar-refractivity contribution is 6.37. The average molecular weight is 471 g/mol. The van der Waals surface area contributed by atoms with Gasteiger partial charge >= 0.3 is 6.01 Å². The van der Waals surface area contributed by atoms with Crippen molar-refractivity contribution in [3.8, 4) is 41.0 Å². The van der Waals surface area contributed by atoms with Gasteiger partial charge in [-0.25, -0.2) is 0 Å². The fraction of sp³-hybridized carbons (Fsp3) is 0.154. The minimum absolute atomic E-state index is 0.0993. The zero-order chi connectivity index (χ0) is 23.4. The Labute approximate surface area is 200 Å². The van der Waals surface area contributed by atoms with E-state index >= 15 is 0 Å². The van der Waals surface area contributed by atoms with E-state index in [2.05, 4.69) is 32.6 Å². The number of terminal acetylenes is 1. The Bertz CT molecular complexity index is 1570. The van der Waals surface area contributed by atoms with Gasteiger partial charge in [0.2, 0.25) is 0 Å². The molecule has 2 bridgehead atoms. The molecule has 0 spiro atoms. The Balaban J connectivity index is 1.69. The largest absolute Gasteiger partial charge is 0.508 e. The van der Waals surface area contributed by atoms with Crippen molar-refractivity contribution in [3.05, 3.63) is 58.8 Å². The van der Waals surface area contributed by atoms with Gasteiger partial charge in [0.05, 0.1) is 29.1 Å². The number of fused-ring (bicyclic) bond motifs is 3. The van der Waals surface area contributed by atoms with Crippen LogP contribution in [0.2, 0.25) is 5.02 Å². The van der Waals surface area contributed by atoms with Crippen LogP contribution in [0.25, 0.3) is 32.8 Å². The first-order chi connectivity index (χ1) is 16.6. The van der Waals surface area contributed by atoms with E-state index in [-0.39, 0.29) is 17.8 Å². The van der Waals surface area contributed by atoms with Crippen molar-refractivity contribution in [2.24, 2.45) is 0 Å². The van der Waals surface area contributed by atoms with E-state index in [1.807, 2.05) is 24.3 Å². The third-order valence-corrected chi connectivity index (χ3v) is 6.46. The topological polar surface area (TPSA) is 88.5 Å². The molecule has 3 aliphatic rings. The summed E-state index contributed by atoms with van der Waals surface area (Å²) in [7, 11) is 1.52. The van der Waals surface area contributed by atoms with Crippen LogP contribution in [0.4, 0.5) is 5.82 Å². The van der Waals surface area contributed by atoms with Gasteiger partial charge in [-0.3, -0.25) is 0 Å². The van der Waals surface area contributed by atoms with Crippen molar-refractivity contribution < 1.29 is 14.6 Å². The molecule has 4 aromatic rings. The lowest BCUT2D eigenvalue weighted by Crippen LogP contribution is -2.44. The summed E-state index contributed by atoms with van der Waals surface area (Å²) in [6.07, 6.45) is 7.92. The van der Waals surface area contributed by atoms with Crippen LogP contribution in [0.3, 0.4) is 0 Å². The number of nitrogens with zero attached hydrogens (tertiary/aromatic N) is 2. The van der Waals surface area contributed by atoms with Crippen LogP contribution < -0.4 is 20.1 Å². The molecular formula is C26H19ClN4O3. The summed E-state index contributed by atoms with van der Waals surface area (Å²) < 4.78 is 11.6. The quantitative estimate of drug-likeness (QED) is 0.373. The van der Waals surface area contributed by atoms with E-state index in [4.69, 9.17) is 27.5 Å². The van der Waals surface area contributed by atoms with Crippen molar-refractivity contribution in [1.82, 2.24) is 15.3 Å². The van der Waals surface area contributed by atoms with Gasteiger partial charge in [0, 0.05) is 28.8 Å². The van der Waals surface area contributed by atoms with E-state index in [0.717, 1.165) is 16.5 Å². The first kappa shape index (κ1) is 20.5. The number of benzene rings is 3. The van der Waals surface area contributed by atoms with E-state index in [1.54, 1.807) is 12.1 Å². The van der Waals surface area contributed by atoms with Crippen LogP contribution in [-0.4, -0.2) is 41.4 Å². The predicted molar refractivity (Wildman–Crippen MR) is 133 cm³/mol.